The molecule has 8 heteroatoms. The van der Waals surface area contributed by atoms with E-state index in [1.807, 2.05) is 30.3 Å². The highest BCUT2D eigenvalue weighted by Gasteiger charge is 2.27. The first-order valence-electron chi connectivity index (χ1n) is 7.83. The first-order valence-corrected chi connectivity index (χ1v) is 9.65. The van der Waals surface area contributed by atoms with Crippen LogP contribution in [0.2, 0.25) is 5.02 Å². The van der Waals surface area contributed by atoms with Crippen LogP contribution in [-0.4, -0.2) is 51.3 Å². The summed E-state index contributed by atoms with van der Waals surface area (Å²) >= 11 is 5.92. The summed E-state index contributed by atoms with van der Waals surface area (Å²) in [6.07, 6.45) is 0. The summed E-state index contributed by atoms with van der Waals surface area (Å²) in [5, 5.41) is 0.269. The van der Waals surface area contributed by atoms with Crippen molar-refractivity contribution in [1.29, 1.82) is 0 Å². The van der Waals surface area contributed by atoms with Crippen LogP contribution in [0.5, 0.6) is 5.75 Å². The van der Waals surface area contributed by atoms with Gasteiger partial charge in [-0.1, -0.05) is 41.9 Å². The number of carbonyl (C=O) groups is 1. The van der Waals surface area contributed by atoms with Crippen molar-refractivity contribution >= 4 is 27.5 Å². The molecule has 2 aromatic carbocycles. The van der Waals surface area contributed by atoms with Crippen LogP contribution in [0.25, 0.3) is 0 Å². The molecule has 6 nitrogen and oxygen atoms in total. The average Bonchev–Trinajstić information content (AvgIpc) is 2.62. The number of rotatable bonds is 7. The van der Waals surface area contributed by atoms with Gasteiger partial charge in [0.25, 0.3) is 0 Å². The van der Waals surface area contributed by atoms with Gasteiger partial charge in [0.1, 0.15) is 10.6 Å². The molecule has 0 aliphatic rings. The van der Waals surface area contributed by atoms with E-state index in [0.29, 0.717) is 6.54 Å². The van der Waals surface area contributed by atoms with Gasteiger partial charge >= 0.3 is 0 Å². The van der Waals surface area contributed by atoms with Gasteiger partial charge in [-0.15, -0.1) is 0 Å². The van der Waals surface area contributed by atoms with E-state index in [1.165, 1.54) is 37.3 Å². The van der Waals surface area contributed by atoms with Crippen molar-refractivity contribution < 1.29 is 17.9 Å². The van der Waals surface area contributed by atoms with Gasteiger partial charge in [-0.25, -0.2) is 8.42 Å². The average molecular weight is 397 g/mol. The van der Waals surface area contributed by atoms with E-state index < -0.39 is 10.0 Å². The summed E-state index contributed by atoms with van der Waals surface area (Å²) in [6.45, 7) is 0.107. The lowest BCUT2D eigenvalue weighted by Crippen LogP contribution is -2.39. The van der Waals surface area contributed by atoms with Crippen molar-refractivity contribution in [3.05, 3.63) is 59.1 Å². The van der Waals surface area contributed by atoms with Crippen molar-refractivity contribution in [2.75, 3.05) is 27.7 Å². The predicted octanol–water partition coefficient (Wildman–Crippen LogP) is 2.63. The van der Waals surface area contributed by atoms with E-state index in [9.17, 15) is 13.2 Å². The molecule has 2 rings (SSSR count). The molecule has 0 atom stereocenters. The topological polar surface area (TPSA) is 66.9 Å². The molecule has 0 radical (unpaired) electrons. The molecule has 0 spiro atoms. The number of hydrogen-bond acceptors (Lipinski definition) is 4. The summed E-state index contributed by atoms with van der Waals surface area (Å²) < 4.78 is 31.7. The Kier molecular flexibility index (Phi) is 6.63. The number of carbonyl (C=O) groups excluding carboxylic acids is 1. The number of amides is 1. The lowest BCUT2D eigenvalue weighted by molar-refractivity contribution is -0.130. The normalized spacial score (nSPS) is 11.4. The van der Waals surface area contributed by atoms with Crippen LogP contribution in [0.1, 0.15) is 5.56 Å². The number of likely N-dealkylation sites (N-methyl/N-ethyl adjacent to an activating group) is 2. The highest BCUT2D eigenvalue weighted by atomic mass is 35.5. The number of benzene rings is 2. The van der Waals surface area contributed by atoms with Gasteiger partial charge in [-0.05, 0) is 23.8 Å². The number of ether oxygens (including phenoxy) is 1. The second-order valence-electron chi connectivity index (χ2n) is 5.79. The predicted molar refractivity (Wildman–Crippen MR) is 101 cm³/mol. The highest BCUT2D eigenvalue weighted by Crippen LogP contribution is 2.29. The summed E-state index contributed by atoms with van der Waals surface area (Å²) in [4.78, 5) is 13.8. The Hall–Kier alpha value is -2.09. The number of nitrogens with zero attached hydrogens (tertiary/aromatic N) is 2. The van der Waals surface area contributed by atoms with Crippen molar-refractivity contribution in [2.45, 2.75) is 11.4 Å². The number of sulfonamides is 1. The van der Waals surface area contributed by atoms with Crippen molar-refractivity contribution in [3.8, 4) is 5.75 Å². The fraction of sp³-hybridized carbons (Fsp3) is 0.278. The summed E-state index contributed by atoms with van der Waals surface area (Å²) in [7, 11) is 0.433. The largest absolute Gasteiger partial charge is 0.495 e. The Morgan fingerprint density at radius 2 is 1.77 bits per heavy atom. The molecule has 1 amide bonds. The van der Waals surface area contributed by atoms with Gasteiger partial charge in [0.15, 0.2) is 0 Å². The van der Waals surface area contributed by atoms with Crippen LogP contribution in [0, 0.1) is 0 Å². The Labute approximate surface area is 159 Å². The zero-order chi connectivity index (χ0) is 19.3. The second kappa shape index (κ2) is 8.53. The lowest BCUT2D eigenvalue weighted by Gasteiger charge is -2.22. The molecule has 0 aliphatic heterocycles. The molecule has 2 aromatic rings. The third-order valence-electron chi connectivity index (χ3n) is 3.86. The SMILES string of the molecule is COc1ccc(Cl)cc1S(=O)(=O)N(C)CC(=O)N(C)Cc1ccccc1. The van der Waals surface area contributed by atoms with Crippen LogP contribution < -0.4 is 4.74 Å². The first kappa shape index (κ1) is 20.2. The fourth-order valence-electron chi connectivity index (χ4n) is 2.36. The van der Waals surface area contributed by atoms with E-state index in [2.05, 4.69) is 0 Å². The molecule has 140 valence electrons. The van der Waals surface area contributed by atoms with Crippen molar-refractivity contribution in [2.24, 2.45) is 0 Å². The fourth-order valence-corrected chi connectivity index (χ4v) is 3.90. The van der Waals surface area contributed by atoms with Crippen molar-refractivity contribution in [3.63, 3.8) is 0 Å². The molecular weight excluding hydrogens is 376 g/mol. The van der Waals surface area contributed by atoms with Crippen LogP contribution in [0.3, 0.4) is 0 Å². The van der Waals surface area contributed by atoms with Crippen LogP contribution >= 0.6 is 11.6 Å². The summed E-state index contributed by atoms with van der Waals surface area (Å²) in [5.74, 6) is -0.146. The van der Waals surface area contributed by atoms with E-state index in [-0.39, 0.29) is 28.1 Å². The molecule has 0 heterocycles. The molecule has 0 aromatic heterocycles. The van der Waals surface area contributed by atoms with Gasteiger partial charge in [0.05, 0.1) is 13.7 Å². The number of halogens is 1. The molecule has 0 N–H and O–H groups in total. The summed E-state index contributed by atoms with van der Waals surface area (Å²) in [6, 6.07) is 13.8. The zero-order valence-corrected chi connectivity index (χ0v) is 16.4. The molecule has 0 bridgehead atoms. The third kappa shape index (κ3) is 4.75. The third-order valence-corrected chi connectivity index (χ3v) is 5.92. The second-order valence-corrected chi connectivity index (χ2v) is 8.24. The summed E-state index contributed by atoms with van der Waals surface area (Å²) in [5.41, 5.74) is 0.963. The van der Waals surface area contributed by atoms with Crippen LogP contribution in [0.4, 0.5) is 0 Å². The zero-order valence-electron chi connectivity index (χ0n) is 14.8. The van der Waals surface area contributed by atoms with Crippen LogP contribution in [0.15, 0.2) is 53.4 Å². The van der Waals surface area contributed by atoms with Gasteiger partial charge < -0.3 is 9.64 Å². The van der Waals surface area contributed by atoms with Crippen LogP contribution in [-0.2, 0) is 21.4 Å². The van der Waals surface area contributed by atoms with Gasteiger partial charge in [0.2, 0.25) is 15.9 Å². The smallest absolute Gasteiger partial charge is 0.247 e. The Morgan fingerprint density at radius 3 is 2.38 bits per heavy atom. The van der Waals surface area contributed by atoms with Gasteiger partial charge in [-0.2, -0.15) is 4.31 Å². The molecular formula is C18H21ClN2O4S. The van der Waals surface area contributed by atoms with E-state index in [4.69, 9.17) is 16.3 Å². The highest BCUT2D eigenvalue weighted by molar-refractivity contribution is 7.89. The first-order chi connectivity index (χ1) is 12.3. The van der Waals surface area contributed by atoms with E-state index >= 15 is 0 Å². The number of methoxy groups -OCH3 is 1. The molecule has 0 aliphatic carbocycles. The monoisotopic (exact) mass is 396 g/mol. The molecule has 0 saturated heterocycles. The Morgan fingerprint density at radius 1 is 1.12 bits per heavy atom. The molecule has 0 saturated carbocycles. The minimum absolute atomic E-state index is 0.0755. The van der Waals surface area contributed by atoms with Gasteiger partial charge in [0, 0.05) is 25.7 Å². The molecule has 0 unspecified atom stereocenters. The molecule has 26 heavy (non-hydrogen) atoms. The maximum absolute atomic E-state index is 12.8. The van der Waals surface area contributed by atoms with Gasteiger partial charge in [-0.3, -0.25) is 4.79 Å². The maximum Gasteiger partial charge on any atom is 0.247 e. The standard InChI is InChI=1S/C18H21ClN2O4S/c1-20(12-14-7-5-4-6-8-14)18(22)13-21(2)26(23,24)17-11-15(19)9-10-16(17)25-3/h4-11H,12-13H2,1-3H3. The minimum atomic E-state index is -3.93. The molecule has 0 fully saturated rings. The lowest BCUT2D eigenvalue weighted by atomic mass is 10.2. The van der Waals surface area contributed by atoms with Crippen molar-refractivity contribution in [1.82, 2.24) is 9.21 Å². The minimum Gasteiger partial charge on any atom is -0.495 e. The maximum atomic E-state index is 12.8. The quantitative estimate of drug-likeness (QED) is 0.721. The Balaban J connectivity index is 2.14. The Bertz CT molecular complexity index is 872. The van der Waals surface area contributed by atoms with E-state index in [1.54, 1.807) is 7.05 Å². The van der Waals surface area contributed by atoms with E-state index in [0.717, 1.165) is 9.87 Å². The number of hydrogen-bond donors (Lipinski definition) is 0.